The van der Waals surface area contributed by atoms with Crippen LogP contribution >= 0.6 is 0 Å². The molecule has 164 valence electrons. The fourth-order valence-electron chi connectivity index (χ4n) is 3.17. The van der Waals surface area contributed by atoms with Crippen molar-refractivity contribution in [2.24, 2.45) is 4.99 Å². The van der Waals surface area contributed by atoms with E-state index in [4.69, 9.17) is 21.9 Å². The second kappa shape index (κ2) is 11.2. The average molecular weight is 446 g/mol. The summed E-state index contributed by atoms with van der Waals surface area (Å²) in [5.74, 6) is 0.657. The Morgan fingerprint density at radius 2 is 1.86 bits per heavy atom. The van der Waals surface area contributed by atoms with Crippen LogP contribution in [-0.4, -0.2) is 30.6 Å². The maximum absolute atomic E-state index is 11.9. The van der Waals surface area contributed by atoms with Gasteiger partial charge in [-0.05, 0) is 65.0 Å². The second-order valence-corrected chi connectivity index (χ2v) is 7.96. The molecule has 1 aliphatic rings. The topological polar surface area (TPSA) is 85.9 Å². The van der Waals surface area contributed by atoms with Crippen LogP contribution in [0.5, 0.6) is 5.75 Å². The van der Waals surface area contributed by atoms with Gasteiger partial charge in [-0.15, -0.1) is 0 Å². The van der Waals surface area contributed by atoms with Gasteiger partial charge in [0.2, 0.25) is 0 Å². The maximum Gasteiger partial charge on any atom is 2.00 e. The number of carbonyl (C=O) groups is 1. The number of aliphatic imine (C=N–C) groups is 1. The molecule has 3 N–H and O–H groups in total. The number of ether oxygens (including phenoxy) is 2. The van der Waals surface area contributed by atoms with E-state index in [1.165, 1.54) is 0 Å². The fraction of sp³-hybridized carbons (Fsp3) is 0.500. The number of amides is 1. The number of nitrogen functional groups attached to an aromatic ring is 1. The summed E-state index contributed by atoms with van der Waals surface area (Å²) in [7, 11) is 0. The number of benzene rings is 1. The minimum atomic E-state index is -0.492. The van der Waals surface area contributed by atoms with Gasteiger partial charge < -0.3 is 32.9 Å². The monoisotopic (exact) mass is 445 g/mol. The van der Waals surface area contributed by atoms with Gasteiger partial charge in [0.15, 0.2) is 0 Å². The molecule has 2 rings (SSSR count). The average Bonchev–Trinajstić information content (AvgIpc) is 2.58. The summed E-state index contributed by atoms with van der Waals surface area (Å²) in [4.78, 5) is 15.5. The van der Waals surface area contributed by atoms with Crippen LogP contribution < -0.4 is 15.8 Å². The van der Waals surface area contributed by atoms with Crippen LogP contribution in [0.3, 0.4) is 0 Å². The molecule has 0 unspecified atom stereocenters. The number of alkyl carbamates (subject to hydrolysis) is 1. The molecule has 1 aliphatic carbocycles. The first-order valence-corrected chi connectivity index (χ1v) is 9.26. The SMILES string of the molecule is [CH-]=NC(=C)c1ccc(OC2CCC(NC(=O)OC(C)(C)C)CC2)c(N)c1C.[CH3-].[Ni+2]. The zero-order chi connectivity index (χ0) is 20.2. The van der Waals surface area contributed by atoms with E-state index in [1.54, 1.807) is 0 Å². The molecule has 0 aliphatic heterocycles. The van der Waals surface area contributed by atoms with Crippen LogP contribution in [0.2, 0.25) is 0 Å². The van der Waals surface area contributed by atoms with E-state index in [0.717, 1.165) is 36.8 Å². The van der Waals surface area contributed by atoms with E-state index < -0.39 is 5.60 Å². The molecular weight excluding hydrogens is 413 g/mol. The number of nitrogens with one attached hydrogen (secondary N) is 1. The van der Waals surface area contributed by atoms with Crippen molar-refractivity contribution in [3.8, 4) is 5.75 Å². The van der Waals surface area contributed by atoms with Gasteiger partial charge in [-0.3, -0.25) is 0 Å². The number of hydrogen-bond donors (Lipinski definition) is 2. The zero-order valence-corrected chi connectivity index (χ0v) is 19.0. The molecular formula is C22H33N3NiO3. The van der Waals surface area contributed by atoms with Crippen molar-refractivity contribution in [2.75, 3.05) is 5.73 Å². The van der Waals surface area contributed by atoms with E-state index in [1.807, 2.05) is 39.8 Å². The largest absolute Gasteiger partial charge is 2.00 e. The van der Waals surface area contributed by atoms with Crippen LogP contribution in [0, 0.1) is 14.4 Å². The molecule has 0 spiro atoms. The molecule has 0 aromatic heterocycles. The molecule has 1 aromatic carbocycles. The Balaban J connectivity index is 0.00000392. The molecule has 0 atom stereocenters. The number of hydrogen-bond acceptors (Lipinski definition) is 5. The Morgan fingerprint density at radius 3 is 2.38 bits per heavy atom. The molecule has 7 heteroatoms. The molecule has 6 nitrogen and oxygen atoms in total. The molecule has 1 fully saturated rings. The molecule has 0 heterocycles. The van der Waals surface area contributed by atoms with Gasteiger partial charge in [0, 0.05) is 6.04 Å². The van der Waals surface area contributed by atoms with Gasteiger partial charge in [0.25, 0.3) is 0 Å². The van der Waals surface area contributed by atoms with E-state index >= 15 is 0 Å². The van der Waals surface area contributed by atoms with E-state index in [-0.39, 0.29) is 42.2 Å². The Labute approximate surface area is 185 Å². The van der Waals surface area contributed by atoms with Crippen molar-refractivity contribution in [2.45, 2.75) is 71.1 Å². The van der Waals surface area contributed by atoms with Gasteiger partial charge in [-0.1, -0.05) is 17.3 Å². The predicted molar refractivity (Wildman–Crippen MR) is 116 cm³/mol. The van der Waals surface area contributed by atoms with E-state index in [0.29, 0.717) is 17.1 Å². The summed E-state index contributed by atoms with van der Waals surface area (Å²) >= 11 is 0. The van der Waals surface area contributed by atoms with Gasteiger partial charge >= 0.3 is 22.6 Å². The third-order valence-electron chi connectivity index (χ3n) is 4.63. The molecule has 29 heavy (non-hydrogen) atoms. The van der Waals surface area contributed by atoms with Crippen LogP contribution in [0.1, 0.15) is 57.6 Å². The first-order chi connectivity index (χ1) is 12.6. The Bertz CT molecular complexity index is 721. The van der Waals surface area contributed by atoms with Crippen molar-refractivity contribution < 1.29 is 30.8 Å². The molecule has 1 aromatic rings. The third kappa shape index (κ3) is 7.73. The van der Waals surface area contributed by atoms with E-state index in [2.05, 4.69) is 16.9 Å². The van der Waals surface area contributed by atoms with Crippen molar-refractivity contribution in [3.05, 3.63) is 37.3 Å². The summed E-state index contributed by atoms with van der Waals surface area (Å²) in [6.45, 7) is 16.6. The molecule has 0 radical (unpaired) electrons. The van der Waals surface area contributed by atoms with Crippen molar-refractivity contribution in [3.63, 3.8) is 0 Å². The number of nitrogens with zero attached hydrogens (tertiary/aromatic N) is 1. The quantitative estimate of drug-likeness (QED) is 0.295. The Morgan fingerprint density at radius 1 is 1.28 bits per heavy atom. The normalized spacial score (nSPS) is 18.5. The van der Waals surface area contributed by atoms with Crippen LogP contribution in [0.25, 0.3) is 5.70 Å². The number of anilines is 1. The van der Waals surface area contributed by atoms with Crippen molar-refractivity contribution in [1.29, 1.82) is 0 Å². The second-order valence-electron chi connectivity index (χ2n) is 7.96. The van der Waals surface area contributed by atoms with Gasteiger partial charge in [-0.2, -0.15) is 13.3 Å². The number of nitrogens with two attached hydrogens (primary N) is 1. The van der Waals surface area contributed by atoms with Crippen LogP contribution in [-0.2, 0) is 21.2 Å². The predicted octanol–water partition coefficient (Wildman–Crippen LogP) is 4.79. The van der Waals surface area contributed by atoms with Gasteiger partial charge in [0.1, 0.15) is 11.4 Å². The van der Waals surface area contributed by atoms with Gasteiger partial charge in [-0.25, -0.2) is 4.79 Å². The standard InChI is InChI=1S/C21H30N3O3.CH3.Ni/c1-13-17(14(2)23-6)11-12-18(19(13)22)26-16-9-7-15(8-10-16)24-20(25)27-21(3,4)5;;/h6,11-12,15-16H,2,7-10,22H2,1,3-5H3,(H,24,25);1H3;/q2*-1;+2. The summed E-state index contributed by atoms with van der Waals surface area (Å²) in [5.41, 5.74) is 8.46. The van der Waals surface area contributed by atoms with Crippen molar-refractivity contribution >= 4 is 24.2 Å². The first kappa shape index (κ1) is 27.0. The van der Waals surface area contributed by atoms with Crippen molar-refractivity contribution in [1.82, 2.24) is 5.32 Å². The molecule has 1 amide bonds. The minimum absolute atomic E-state index is 0. The minimum Gasteiger partial charge on any atom is -0.488 e. The molecule has 1 saturated carbocycles. The summed E-state index contributed by atoms with van der Waals surface area (Å²) in [6, 6.07) is 3.81. The van der Waals surface area contributed by atoms with E-state index in [9.17, 15) is 4.79 Å². The fourth-order valence-corrected chi connectivity index (χ4v) is 3.17. The number of carbonyl (C=O) groups excluding carboxylic acids is 1. The zero-order valence-electron chi connectivity index (χ0n) is 18.0. The Kier molecular flexibility index (Phi) is 10.5. The first-order valence-electron chi connectivity index (χ1n) is 9.26. The maximum atomic E-state index is 11.9. The summed E-state index contributed by atoms with van der Waals surface area (Å²) < 4.78 is 11.4. The molecule has 0 saturated heterocycles. The molecule has 0 bridgehead atoms. The smallest absolute Gasteiger partial charge is 0.488 e. The van der Waals surface area contributed by atoms with Crippen LogP contribution in [0.15, 0.2) is 23.7 Å². The summed E-state index contributed by atoms with van der Waals surface area (Å²) in [6.07, 6.45) is 3.05. The van der Waals surface area contributed by atoms with Gasteiger partial charge in [0.05, 0.1) is 11.8 Å². The third-order valence-corrected chi connectivity index (χ3v) is 4.63. The number of rotatable bonds is 5. The Hall–Kier alpha value is -2.01. The van der Waals surface area contributed by atoms with Crippen LogP contribution in [0.4, 0.5) is 10.5 Å². The summed E-state index contributed by atoms with van der Waals surface area (Å²) in [5, 5.41) is 2.93.